The molecule has 0 unspecified atom stereocenters. The van der Waals surface area contributed by atoms with Gasteiger partial charge in [0.1, 0.15) is 12.4 Å². The average molecular weight is 449 g/mol. The number of para-hydroxylation sites is 2. The van der Waals surface area contributed by atoms with E-state index in [4.69, 9.17) is 4.74 Å². The highest BCUT2D eigenvalue weighted by Crippen LogP contribution is 2.41. The number of amides is 2. The summed E-state index contributed by atoms with van der Waals surface area (Å²) >= 11 is 0. The molecule has 2 heterocycles. The number of methoxy groups -OCH3 is 1. The Bertz CT molecular complexity index is 1220. The lowest BCUT2D eigenvalue weighted by Gasteiger charge is -2.32. The average Bonchev–Trinajstić information content (AvgIpc) is 3.36. The summed E-state index contributed by atoms with van der Waals surface area (Å²) in [5.74, 6) is 0.214. The van der Waals surface area contributed by atoms with Gasteiger partial charge in [-0.3, -0.25) is 14.8 Å². The molecule has 1 aliphatic heterocycles. The second kappa shape index (κ2) is 8.61. The summed E-state index contributed by atoms with van der Waals surface area (Å²) < 4.78 is 7.18. The second-order valence-electron chi connectivity index (χ2n) is 8.97. The standard InChI is InChI=1S/C25H28N4O4/c1-33-13-12-28-21-5-3-2-4-20(21)27-22(28)16-29(32)23(30)18-7-6-17-8-9-25(15-19(17)14-18)10-11-26-24(25)31/h2-7,14,32H,8-13,15-16H2,1H3,(H,26,31)/t25-/m0/s1. The minimum atomic E-state index is -0.487. The van der Waals surface area contributed by atoms with Gasteiger partial charge in [-0.25, -0.2) is 10.0 Å². The van der Waals surface area contributed by atoms with Crippen molar-refractivity contribution < 1.29 is 19.5 Å². The summed E-state index contributed by atoms with van der Waals surface area (Å²) in [4.78, 5) is 30.1. The van der Waals surface area contributed by atoms with Crippen LogP contribution < -0.4 is 5.32 Å². The number of hydrogen-bond donors (Lipinski definition) is 2. The zero-order valence-electron chi connectivity index (χ0n) is 18.7. The lowest BCUT2D eigenvalue weighted by atomic mass is 9.70. The number of carbonyl (C=O) groups is 2. The number of carbonyl (C=O) groups excluding carboxylic acids is 2. The van der Waals surface area contributed by atoms with Crippen LogP contribution in [0, 0.1) is 5.41 Å². The maximum Gasteiger partial charge on any atom is 0.277 e. The Morgan fingerprint density at radius 2 is 2.09 bits per heavy atom. The SMILES string of the molecule is COCCn1c(CN(O)C(=O)c2ccc3c(c2)C[C@@]2(CCNC2=O)CC3)nc2ccccc21. The van der Waals surface area contributed by atoms with E-state index in [1.807, 2.05) is 41.0 Å². The Balaban J connectivity index is 1.38. The molecule has 3 aromatic rings. The van der Waals surface area contributed by atoms with E-state index >= 15 is 0 Å². The highest BCUT2D eigenvalue weighted by atomic mass is 16.5. The van der Waals surface area contributed by atoms with Crippen molar-refractivity contribution in [3.63, 3.8) is 0 Å². The summed E-state index contributed by atoms with van der Waals surface area (Å²) in [6, 6.07) is 13.2. The number of hydroxylamine groups is 2. The quantitative estimate of drug-likeness (QED) is 0.447. The number of benzene rings is 2. The first-order valence-corrected chi connectivity index (χ1v) is 11.3. The summed E-state index contributed by atoms with van der Waals surface area (Å²) in [7, 11) is 1.64. The zero-order valence-corrected chi connectivity index (χ0v) is 18.7. The van der Waals surface area contributed by atoms with Crippen LogP contribution in [0.1, 0.15) is 40.2 Å². The molecule has 1 aliphatic carbocycles. The lowest BCUT2D eigenvalue weighted by molar-refractivity contribution is -0.128. The third-order valence-corrected chi connectivity index (χ3v) is 7.00. The molecule has 0 bridgehead atoms. The molecule has 1 spiro atoms. The summed E-state index contributed by atoms with van der Waals surface area (Å²) in [5, 5.41) is 14.4. The van der Waals surface area contributed by atoms with Crippen molar-refractivity contribution in [1.82, 2.24) is 19.9 Å². The van der Waals surface area contributed by atoms with Gasteiger partial charge in [0.05, 0.1) is 23.1 Å². The Hall–Kier alpha value is -3.23. The van der Waals surface area contributed by atoms with Crippen molar-refractivity contribution in [2.75, 3.05) is 20.3 Å². The third kappa shape index (κ3) is 3.89. The topological polar surface area (TPSA) is 96.7 Å². The molecule has 2 aromatic carbocycles. The van der Waals surface area contributed by atoms with Crippen LogP contribution in [0.25, 0.3) is 11.0 Å². The number of nitrogens with one attached hydrogen (secondary N) is 1. The van der Waals surface area contributed by atoms with E-state index in [-0.39, 0.29) is 17.9 Å². The largest absolute Gasteiger partial charge is 0.383 e. The predicted octanol–water partition coefficient (Wildman–Crippen LogP) is 2.71. The van der Waals surface area contributed by atoms with E-state index in [9.17, 15) is 14.8 Å². The molecule has 8 heteroatoms. The van der Waals surface area contributed by atoms with Crippen molar-refractivity contribution in [3.05, 3.63) is 65.0 Å². The van der Waals surface area contributed by atoms with Gasteiger partial charge in [-0.2, -0.15) is 0 Å². The fourth-order valence-electron chi connectivity index (χ4n) is 5.15. The predicted molar refractivity (Wildman–Crippen MR) is 122 cm³/mol. The molecule has 5 rings (SSSR count). The molecule has 172 valence electrons. The van der Waals surface area contributed by atoms with E-state index in [2.05, 4.69) is 10.3 Å². The Kier molecular flexibility index (Phi) is 5.64. The summed E-state index contributed by atoms with van der Waals surface area (Å²) in [6.07, 6.45) is 3.12. The molecule has 2 aliphatic rings. The molecule has 33 heavy (non-hydrogen) atoms. The van der Waals surface area contributed by atoms with Crippen LogP contribution in [-0.4, -0.2) is 51.9 Å². The van der Waals surface area contributed by atoms with Crippen LogP contribution in [0.4, 0.5) is 0 Å². The van der Waals surface area contributed by atoms with Crippen LogP contribution in [0.3, 0.4) is 0 Å². The first kappa shape index (κ1) is 21.6. The monoisotopic (exact) mass is 448 g/mol. The van der Waals surface area contributed by atoms with Gasteiger partial charge in [0.15, 0.2) is 0 Å². The number of aryl methyl sites for hydroxylation is 1. The normalized spacial score (nSPS) is 19.6. The Morgan fingerprint density at radius 1 is 1.24 bits per heavy atom. The van der Waals surface area contributed by atoms with Crippen LogP contribution in [0.5, 0.6) is 0 Å². The fraction of sp³-hybridized carbons (Fsp3) is 0.400. The zero-order chi connectivity index (χ0) is 23.0. The van der Waals surface area contributed by atoms with Gasteiger partial charge in [0.2, 0.25) is 5.91 Å². The van der Waals surface area contributed by atoms with Gasteiger partial charge in [-0.15, -0.1) is 0 Å². The first-order chi connectivity index (χ1) is 16.0. The number of aromatic nitrogens is 2. The van der Waals surface area contributed by atoms with Gasteiger partial charge in [0.25, 0.3) is 5.91 Å². The van der Waals surface area contributed by atoms with Crippen LogP contribution in [-0.2, 0) is 35.5 Å². The molecular formula is C25H28N4O4. The molecule has 0 radical (unpaired) electrons. The van der Waals surface area contributed by atoms with Gasteiger partial charge < -0.3 is 14.6 Å². The molecule has 1 fully saturated rings. The van der Waals surface area contributed by atoms with E-state index in [0.29, 0.717) is 42.6 Å². The number of ether oxygens (including phenoxy) is 1. The Labute approximate surface area is 192 Å². The molecule has 2 amide bonds. The van der Waals surface area contributed by atoms with Crippen molar-refractivity contribution >= 4 is 22.8 Å². The van der Waals surface area contributed by atoms with E-state index in [1.54, 1.807) is 13.2 Å². The smallest absolute Gasteiger partial charge is 0.277 e. The highest BCUT2D eigenvalue weighted by molar-refractivity contribution is 5.94. The third-order valence-electron chi connectivity index (χ3n) is 7.00. The van der Waals surface area contributed by atoms with Gasteiger partial charge in [-0.05, 0) is 61.1 Å². The lowest BCUT2D eigenvalue weighted by Crippen LogP contribution is -2.36. The molecule has 0 saturated carbocycles. The molecule has 1 atom stereocenters. The highest BCUT2D eigenvalue weighted by Gasteiger charge is 2.44. The van der Waals surface area contributed by atoms with Crippen molar-refractivity contribution in [2.45, 2.75) is 38.8 Å². The Morgan fingerprint density at radius 3 is 2.88 bits per heavy atom. The molecular weight excluding hydrogens is 420 g/mol. The van der Waals surface area contributed by atoms with E-state index < -0.39 is 5.91 Å². The molecule has 1 saturated heterocycles. The molecule has 8 nitrogen and oxygen atoms in total. The first-order valence-electron chi connectivity index (χ1n) is 11.3. The minimum Gasteiger partial charge on any atom is -0.383 e. The second-order valence-corrected chi connectivity index (χ2v) is 8.97. The van der Waals surface area contributed by atoms with Crippen molar-refractivity contribution in [2.24, 2.45) is 5.41 Å². The van der Waals surface area contributed by atoms with Crippen LogP contribution in [0.2, 0.25) is 0 Å². The van der Waals surface area contributed by atoms with Gasteiger partial charge in [-0.1, -0.05) is 18.2 Å². The molecule has 1 aromatic heterocycles. The van der Waals surface area contributed by atoms with Gasteiger partial charge in [0, 0.05) is 25.8 Å². The van der Waals surface area contributed by atoms with Gasteiger partial charge >= 0.3 is 0 Å². The number of rotatable bonds is 6. The molecule has 2 N–H and O–H groups in total. The summed E-state index contributed by atoms with van der Waals surface area (Å²) in [5.41, 5.74) is 3.97. The number of hydrogen-bond acceptors (Lipinski definition) is 5. The summed E-state index contributed by atoms with van der Waals surface area (Å²) in [6.45, 7) is 1.73. The van der Waals surface area contributed by atoms with Crippen molar-refractivity contribution in [1.29, 1.82) is 0 Å². The number of fused-ring (bicyclic) bond motifs is 2. The fourth-order valence-corrected chi connectivity index (χ4v) is 5.15. The number of imidazole rings is 1. The van der Waals surface area contributed by atoms with Crippen LogP contribution in [0.15, 0.2) is 42.5 Å². The van der Waals surface area contributed by atoms with E-state index in [1.165, 1.54) is 5.56 Å². The maximum atomic E-state index is 13.1. The van der Waals surface area contributed by atoms with E-state index in [0.717, 1.165) is 35.9 Å². The minimum absolute atomic E-state index is 0.0410. The number of nitrogens with zero attached hydrogens (tertiary/aromatic N) is 3. The van der Waals surface area contributed by atoms with Crippen LogP contribution >= 0.6 is 0 Å². The van der Waals surface area contributed by atoms with Crippen molar-refractivity contribution in [3.8, 4) is 0 Å². The maximum absolute atomic E-state index is 13.1.